The van der Waals surface area contributed by atoms with Crippen molar-refractivity contribution in [3.63, 3.8) is 0 Å². The minimum absolute atomic E-state index is 0.152. The molecular weight excluding hydrogens is 1410 g/mol. The molecule has 0 spiro atoms. The molecule has 4 aliphatic rings. The number of fused-ring (bicyclic) bond motifs is 12. The minimum Gasteiger partial charge on any atom is -0.344 e. The van der Waals surface area contributed by atoms with Crippen molar-refractivity contribution in [2.24, 2.45) is 0 Å². The zero-order valence-electron chi connectivity index (χ0n) is 61.5. The van der Waals surface area contributed by atoms with Crippen LogP contribution in [0.5, 0.6) is 0 Å². The number of hydrogen-bond acceptors (Lipinski definition) is 14. The van der Waals surface area contributed by atoms with Gasteiger partial charge in [-0.15, -0.1) is 0 Å². The van der Waals surface area contributed by atoms with E-state index < -0.39 is 62.8 Å². The average Bonchev–Trinajstić information content (AvgIpc) is 1.60. The molecule has 4 heterocycles. The molecule has 20 heteroatoms. The quantitative estimate of drug-likeness (QED) is 0.0112. The fourth-order valence-corrected chi connectivity index (χ4v) is 19.3. The van der Waals surface area contributed by atoms with Crippen molar-refractivity contribution >= 4 is 106 Å². The maximum absolute atomic E-state index is 13.4. The van der Waals surface area contributed by atoms with Crippen LogP contribution in [0.25, 0.3) is 43.1 Å². The molecule has 554 valence electrons. The van der Waals surface area contributed by atoms with Crippen LogP contribution in [0.15, 0.2) is 253 Å². The molecule has 0 saturated carbocycles. The molecule has 106 heavy (non-hydrogen) atoms. The smallest absolute Gasteiger partial charge is 0.294 e. The first-order chi connectivity index (χ1) is 50.4. The number of rotatable bonds is 29. The highest BCUT2D eigenvalue weighted by Gasteiger charge is 2.45. The Hall–Kier alpha value is -8.88. The lowest BCUT2D eigenvalue weighted by Crippen LogP contribution is -2.27. The molecule has 8 aromatic rings. The summed E-state index contributed by atoms with van der Waals surface area (Å²) in [6, 6.07) is 50.0. The van der Waals surface area contributed by atoms with Gasteiger partial charge in [-0.3, -0.25) is 9.11 Å². The van der Waals surface area contributed by atoms with Gasteiger partial charge < -0.3 is 19.6 Å². The van der Waals surface area contributed by atoms with Crippen LogP contribution < -0.4 is 19.6 Å². The summed E-state index contributed by atoms with van der Waals surface area (Å²) in [5.41, 5.74) is 18.2. The molecule has 0 aliphatic carbocycles. The molecule has 0 unspecified atom stereocenters. The van der Waals surface area contributed by atoms with Gasteiger partial charge in [0.05, 0.1) is 34.4 Å². The Morgan fingerprint density at radius 2 is 0.604 bits per heavy atom. The number of benzene rings is 8. The Bertz CT molecular complexity index is 5210. The Balaban J connectivity index is 0.681. The van der Waals surface area contributed by atoms with Crippen LogP contribution in [-0.2, 0) is 70.8 Å². The van der Waals surface area contributed by atoms with Gasteiger partial charge in [0.25, 0.3) is 40.5 Å². The average molecular weight is 1500 g/mol. The van der Waals surface area contributed by atoms with E-state index in [1.807, 2.05) is 109 Å². The molecule has 0 amide bonds. The van der Waals surface area contributed by atoms with Crippen molar-refractivity contribution in [1.82, 2.24) is 0 Å². The van der Waals surface area contributed by atoms with Crippen LogP contribution in [0.3, 0.4) is 0 Å². The van der Waals surface area contributed by atoms with Gasteiger partial charge in [0.2, 0.25) is 0 Å². The van der Waals surface area contributed by atoms with E-state index in [4.69, 9.17) is 8.67 Å². The van der Waals surface area contributed by atoms with Crippen LogP contribution in [0.2, 0.25) is 0 Å². The van der Waals surface area contributed by atoms with Crippen molar-refractivity contribution in [3.05, 3.63) is 275 Å². The second-order valence-corrected chi connectivity index (χ2v) is 36.3. The lowest BCUT2D eigenvalue weighted by molar-refractivity contribution is -0.0850. The first-order valence-electron chi connectivity index (χ1n) is 36.3. The van der Waals surface area contributed by atoms with Crippen LogP contribution in [0.1, 0.15) is 129 Å². The van der Waals surface area contributed by atoms with Gasteiger partial charge in [-0.2, -0.15) is 33.7 Å². The van der Waals surface area contributed by atoms with Crippen molar-refractivity contribution < 1.29 is 51.4 Å². The van der Waals surface area contributed by atoms with Crippen LogP contribution in [0, 0.1) is 0 Å². The lowest BCUT2D eigenvalue weighted by atomic mass is 9.81. The van der Waals surface area contributed by atoms with Gasteiger partial charge in [0.15, 0.2) is 0 Å². The molecule has 0 aromatic heterocycles. The highest BCUT2D eigenvalue weighted by atomic mass is 32.2. The third-order valence-corrected chi connectivity index (χ3v) is 24.9. The summed E-state index contributed by atoms with van der Waals surface area (Å²) in [6.07, 6.45) is 26.6. The third-order valence-electron chi connectivity index (χ3n) is 21.0. The fourth-order valence-electron chi connectivity index (χ4n) is 16.2. The van der Waals surface area contributed by atoms with Gasteiger partial charge in [0.1, 0.15) is 0 Å². The first-order valence-corrected chi connectivity index (χ1v) is 42.7. The number of hydrogen-bond donors (Lipinski definition) is 2. The van der Waals surface area contributed by atoms with Gasteiger partial charge in [-0.1, -0.05) is 218 Å². The second kappa shape index (κ2) is 31.1. The van der Waals surface area contributed by atoms with E-state index in [2.05, 4.69) is 196 Å². The molecule has 8 aromatic carbocycles. The number of unbranched alkanes of at least 4 members (excludes halogenated alkanes) is 4. The molecule has 0 radical (unpaired) electrons. The summed E-state index contributed by atoms with van der Waals surface area (Å²) in [7, 11) is -17.0. The molecule has 4 aliphatic heterocycles. The minimum atomic E-state index is -4.44. The Morgan fingerprint density at radius 1 is 0.330 bits per heavy atom. The topological polar surface area (TPSA) is 208 Å². The highest BCUT2D eigenvalue weighted by Crippen LogP contribution is 2.55. The van der Waals surface area contributed by atoms with Crippen LogP contribution in [-0.4, -0.2) is 92.0 Å². The largest absolute Gasteiger partial charge is 0.344 e. The van der Waals surface area contributed by atoms with Crippen LogP contribution >= 0.6 is 0 Å². The van der Waals surface area contributed by atoms with Crippen LogP contribution in [0.4, 0.5) is 22.7 Å². The molecule has 0 bridgehead atoms. The number of allylic oxidation sites excluding steroid dienone is 14. The van der Waals surface area contributed by atoms with Crippen molar-refractivity contribution in [2.75, 3.05) is 68.8 Å². The molecule has 2 N–H and O–H groups in total. The maximum atomic E-state index is 13.4. The monoisotopic (exact) mass is 1500 g/mol. The molecule has 0 atom stereocenters. The summed E-state index contributed by atoms with van der Waals surface area (Å²) >= 11 is 0. The zero-order valence-corrected chi connectivity index (χ0v) is 64.8. The van der Waals surface area contributed by atoms with Crippen molar-refractivity contribution in [1.29, 1.82) is 0 Å². The summed E-state index contributed by atoms with van der Waals surface area (Å²) in [6.45, 7) is 19.5. The van der Waals surface area contributed by atoms with Gasteiger partial charge in [0, 0.05) is 82.0 Å². The van der Waals surface area contributed by atoms with Gasteiger partial charge in [-0.25, -0.2) is 0 Å². The SMILES string of the molecule is CC1(C)C(=C=C/C=C/C=C/C=C2N(CCCCS(=O)(=O)O)c3ccc4ccccc4c3C2(C)C)N(CCCCS(=O)(=O)OOS(=O)(=O)CCCCN2C(=C=C/C=C/C=C/C=C3N(CCCCS(=O)(=O)O)c4ccc5ccccc5c4C3(C)C)C(C)(C)c3c2ccc2ccccc32)c2ccc3ccccc3c21. The summed E-state index contributed by atoms with van der Waals surface area (Å²) in [5.74, 6) is -1.54. The fraction of sp³-hybridized carbons (Fsp3) is 0.326. The van der Waals surface area contributed by atoms with E-state index in [1.165, 1.54) is 11.1 Å². The Morgan fingerprint density at radius 3 is 0.925 bits per heavy atom. The maximum Gasteiger partial charge on any atom is 0.294 e. The molecular formula is C86H94N4O12S4. The van der Waals surface area contributed by atoms with Crippen molar-refractivity contribution in [2.45, 2.75) is 128 Å². The predicted octanol–water partition coefficient (Wildman–Crippen LogP) is 18.4. The van der Waals surface area contributed by atoms with E-state index in [0.29, 0.717) is 64.7 Å². The van der Waals surface area contributed by atoms with Gasteiger partial charge >= 0.3 is 0 Å². The number of nitrogens with zero attached hydrogens (tertiary/aromatic N) is 4. The Kier molecular flexibility index (Phi) is 22.5. The van der Waals surface area contributed by atoms with E-state index in [-0.39, 0.29) is 35.2 Å². The lowest BCUT2D eigenvalue weighted by Gasteiger charge is -2.27. The normalized spacial score (nSPS) is 17.6. The molecule has 0 fully saturated rings. The van der Waals surface area contributed by atoms with Crippen molar-refractivity contribution in [3.8, 4) is 0 Å². The van der Waals surface area contributed by atoms with Gasteiger partial charge in [-0.05, 0) is 193 Å². The number of anilines is 4. The predicted molar refractivity (Wildman–Crippen MR) is 433 cm³/mol. The first kappa shape index (κ1) is 76.8. The molecule has 16 nitrogen and oxygen atoms in total. The third kappa shape index (κ3) is 16.5. The summed E-state index contributed by atoms with van der Waals surface area (Å²) < 4.78 is 128. The highest BCUT2D eigenvalue weighted by molar-refractivity contribution is 7.88. The standard InChI is InChI=1S/C86H94N4O12S4/c1-83(2)75(87(55-27-31-59-103(91,92)93)71-51-47-63-35-19-23-39-67(63)79(71)83)43-15-11-9-13-17-45-77-85(5,6)81-69-41-25-21-37-65(69)49-53-73(81)89(77)57-29-33-61-105(97,98)101-102-106(99,100)62-34-30-58-90-74-54-50-66-38-22-26-42-70(66)82(74)86(7,8)78(90)46-18-14-10-12-16-44-76-84(3,4)80-68-40-24-20-36-64(68)48-52-72(80)88(76)56-28-32-60-104(94,95)96/h9-26,35-44,47-54H,27-34,55-62H2,1-8H3,(H,91,92,93)(H,94,95,96)/b13-9+,14-10+,15-11+,16-12+,75-43?,76-44?. The molecule has 12 rings (SSSR count). The molecule has 0 saturated heterocycles. The van der Waals surface area contributed by atoms with E-state index in [0.717, 1.165) is 99.8 Å². The van der Waals surface area contributed by atoms with E-state index in [9.17, 15) is 42.8 Å². The van der Waals surface area contributed by atoms with E-state index >= 15 is 0 Å². The summed E-state index contributed by atoms with van der Waals surface area (Å²) in [4.78, 5) is 8.89. The Labute approximate surface area is 625 Å². The zero-order chi connectivity index (χ0) is 75.5. The van der Waals surface area contributed by atoms with E-state index in [1.54, 1.807) is 0 Å². The second-order valence-electron chi connectivity index (χ2n) is 29.9. The summed E-state index contributed by atoms with van der Waals surface area (Å²) in [5, 5.41) is 9.01.